The van der Waals surface area contributed by atoms with Crippen molar-refractivity contribution < 1.29 is 19.4 Å². The molecule has 1 aromatic carbocycles. The zero-order chi connectivity index (χ0) is 46.5. The number of benzene rings is 1. The number of nitrogens with two attached hydrogens (primary N) is 1. The predicted molar refractivity (Wildman–Crippen MR) is 259 cm³/mol. The van der Waals surface area contributed by atoms with Gasteiger partial charge in [0.2, 0.25) is 5.91 Å². The zero-order valence-electron chi connectivity index (χ0n) is 39.0. The first kappa shape index (κ1) is 44.8. The van der Waals surface area contributed by atoms with Gasteiger partial charge in [-0.2, -0.15) is 0 Å². The molecule has 1 atom stereocenters. The molecule has 2 amide bonds. The SMILES string of the molecule is C=CC(=O)Nc1cc(Nc2nc(-c3ccnc(N4CCn5c(cc6c5CC(C)(C)C6)C4=O)c3CO)cnc2OC)ccc1N1CCN(C2CCN(c3ccnc(C(C)(C)N)c3)CC2)C[C@@H]1C. The number of anilines is 6. The van der Waals surface area contributed by atoms with Crippen molar-refractivity contribution in [3.63, 3.8) is 0 Å². The van der Waals surface area contributed by atoms with Crippen LogP contribution in [0.2, 0.25) is 0 Å². The fourth-order valence-corrected chi connectivity index (χ4v) is 10.4. The number of piperazine rings is 1. The van der Waals surface area contributed by atoms with E-state index in [0.717, 1.165) is 69.8 Å². The Bertz CT molecular complexity index is 2660. The Morgan fingerprint density at radius 2 is 1.80 bits per heavy atom. The molecule has 5 aromatic rings. The number of pyridine rings is 2. The molecular weight excluding hydrogens is 833 g/mol. The number of hydrogen-bond donors (Lipinski definition) is 4. The first-order valence-corrected chi connectivity index (χ1v) is 23.0. The van der Waals surface area contributed by atoms with Crippen LogP contribution in [0.25, 0.3) is 11.3 Å². The fraction of sp³-hybridized carbons (Fsp3) is 0.440. The van der Waals surface area contributed by atoms with Gasteiger partial charge >= 0.3 is 0 Å². The second-order valence-corrected chi connectivity index (χ2v) is 19.5. The van der Waals surface area contributed by atoms with Crippen molar-refractivity contribution in [1.82, 2.24) is 29.4 Å². The number of carbonyl (C=O) groups excluding carboxylic acids is 2. The summed E-state index contributed by atoms with van der Waals surface area (Å²) in [6.45, 7) is 19.7. The van der Waals surface area contributed by atoms with Crippen LogP contribution < -0.4 is 35.8 Å². The molecule has 0 radical (unpaired) electrons. The van der Waals surface area contributed by atoms with Crippen LogP contribution in [0.4, 0.5) is 34.4 Å². The minimum absolute atomic E-state index is 0.139. The van der Waals surface area contributed by atoms with Crippen molar-refractivity contribution >= 4 is 46.2 Å². The third-order valence-corrected chi connectivity index (χ3v) is 13.7. The van der Waals surface area contributed by atoms with Gasteiger partial charge in [-0.15, -0.1) is 0 Å². The van der Waals surface area contributed by atoms with Crippen molar-refractivity contribution in [2.75, 3.05) is 71.7 Å². The summed E-state index contributed by atoms with van der Waals surface area (Å²) < 4.78 is 7.82. The lowest BCUT2D eigenvalue weighted by atomic mass is 9.90. The molecule has 346 valence electrons. The number of amides is 2. The number of carbonyl (C=O) groups is 2. The second kappa shape index (κ2) is 17.8. The van der Waals surface area contributed by atoms with E-state index in [0.29, 0.717) is 64.7 Å². The number of rotatable bonds is 12. The number of fused-ring (bicyclic) bond motifs is 3. The van der Waals surface area contributed by atoms with Gasteiger partial charge in [0.15, 0.2) is 5.82 Å². The number of nitrogens with zero attached hydrogens (tertiary/aromatic N) is 9. The summed E-state index contributed by atoms with van der Waals surface area (Å²) in [4.78, 5) is 54.7. The van der Waals surface area contributed by atoms with Crippen LogP contribution in [-0.4, -0.2) is 105 Å². The number of aromatic nitrogens is 5. The highest BCUT2D eigenvalue weighted by atomic mass is 16.5. The molecule has 66 heavy (non-hydrogen) atoms. The molecule has 0 spiro atoms. The second-order valence-electron chi connectivity index (χ2n) is 19.5. The lowest BCUT2D eigenvalue weighted by Crippen LogP contribution is -2.57. The average molecular weight is 895 g/mol. The molecule has 9 rings (SSSR count). The molecular formula is C50H62N12O4. The minimum Gasteiger partial charge on any atom is -0.478 e. The van der Waals surface area contributed by atoms with Crippen LogP contribution >= 0.6 is 0 Å². The molecule has 16 nitrogen and oxygen atoms in total. The Labute approximate surface area is 386 Å². The molecule has 5 N–H and O–H groups in total. The van der Waals surface area contributed by atoms with Crippen molar-refractivity contribution in [3.8, 4) is 17.1 Å². The standard InChI is InChI=1S/C50H62N12O4/c1-8-44(64)56-38-24-33(9-10-40(38)60-20-19-59(29-31(60)2)34-13-17-58(18-14-34)35-11-15-52-43(25-35)50(5,6)51)55-45-47(66-7)54-28-39(57-45)36-12-16-53-46(37(36)30-63)62-22-21-61-41(48(62)65)23-32-26-49(3,4)27-42(32)61/h8-12,15-16,23-25,28,31,34,63H,1,13-14,17-22,26-27,29-30,51H2,2-7H3,(H,55,57)(H,56,64)/t31-/m0/s1. The Hall–Kier alpha value is -6.36. The highest BCUT2D eigenvalue weighted by Gasteiger charge is 2.38. The Kier molecular flexibility index (Phi) is 12.1. The lowest BCUT2D eigenvalue weighted by Gasteiger charge is -2.47. The number of methoxy groups -OCH3 is 1. The monoisotopic (exact) mass is 895 g/mol. The predicted octanol–water partition coefficient (Wildman–Crippen LogP) is 6.26. The maximum Gasteiger partial charge on any atom is 0.276 e. The van der Waals surface area contributed by atoms with Crippen LogP contribution in [-0.2, 0) is 36.3 Å². The summed E-state index contributed by atoms with van der Waals surface area (Å²) in [6.07, 6.45) is 10.4. The van der Waals surface area contributed by atoms with Gasteiger partial charge in [-0.1, -0.05) is 20.4 Å². The number of ether oxygens (including phenoxy) is 1. The largest absolute Gasteiger partial charge is 0.478 e. The molecule has 1 aliphatic carbocycles. The first-order chi connectivity index (χ1) is 31.6. The zero-order valence-corrected chi connectivity index (χ0v) is 39.0. The molecule has 0 unspecified atom stereocenters. The van der Waals surface area contributed by atoms with E-state index in [-0.39, 0.29) is 35.8 Å². The van der Waals surface area contributed by atoms with Gasteiger partial charge in [0.1, 0.15) is 11.5 Å². The third kappa shape index (κ3) is 8.72. The van der Waals surface area contributed by atoms with Crippen LogP contribution in [0.3, 0.4) is 0 Å². The number of nitrogens with one attached hydrogen (secondary N) is 2. The van der Waals surface area contributed by atoms with Gasteiger partial charge in [0.05, 0.1) is 48.2 Å². The summed E-state index contributed by atoms with van der Waals surface area (Å²) in [6, 6.07) is 14.5. The molecule has 4 aromatic heterocycles. The quantitative estimate of drug-likeness (QED) is 0.103. The number of aliphatic hydroxyl groups excluding tert-OH is 1. The van der Waals surface area contributed by atoms with E-state index in [1.54, 1.807) is 23.4 Å². The summed E-state index contributed by atoms with van der Waals surface area (Å²) in [5.41, 5.74) is 14.9. The summed E-state index contributed by atoms with van der Waals surface area (Å²) in [5, 5.41) is 17.3. The van der Waals surface area contributed by atoms with Gasteiger partial charge in [-0.3, -0.25) is 24.4 Å². The fourth-order valence-electron chi connectivity index (χ4n) is 10.4. The number of piperidine rings is 1. The molecule has 0 saturated carbocycles. The van der Waals surface area contributed by atoms with E-state index in [1.165, 1.54) is 30.1 Å². The smallest absolute Gasteiger partial charge is 0.276 e. The van der Waals surface area contributed by atoms with Crippen LogP contribution in [0.1, 0.15) is 80.5 Å². The van der Waals surface area contributed by atoms with Crippen LogP contribution in [0.5, 0.6) is 5.88 Å². The van der Waals surface area contributed by atoms with Gasteiger partial charge in [0, 0.05) is 98.5 Å². The van der Waals surface area contributed by atoms with Gasteiger partial charge in [-0.25, -0.2) is 15.0 Å². The van der Waals surface area contributed by atoms with Gasteiger partial charge in [-0.05, 0) is 106 Å². The maximum atomic E-state index is 14.0. The topological polar surface area (TPSA) is 183 Å². The lowest BCUT2D eigenvalue weighted by molar-refractivity contribution is -0.111. The van der Waals surface area contributed by atoms with E-state index in [2.05, 4.69) is 84.3 Å². The molecule has 3 aliphatic heterocycles. The Morgan fingerprint density at radius 3 is 2.53 bits per heavy atom. The highest BCUT2D eigenvalue weighted by molar-refractivity contribution is 6.06. The molecule has 0 bridgehead atoms. The molecule has 2 saturated heterocycles. The molecule has 7 heterocycles. The number of aliphatic hydroxyl groups is 1. The van der Waals surface area contributed by atoms with Gasteiger partial charge in [0.25, 0.3) is 11.8 Å². The normalized spacial score (nSPS) is 18.8. The van der Waals surface area contributed by atoms with Crippen molar-refractivity contribution in [3.05, 3.63) is 102 Å². The molecule has 4 aliphatic rings. The van der Waals surface area contributed by atoms with Crippen molar-refractivity contribution in [2.45, 2.75) is 91.1 Å². The summed E-state index contributed by atoms with van der Waals surface area (Å²) in [7, 11) is 1.52. The van der Waals surface area contributed by atoms with E-state index in [4.69, 9.17) is 15.5 Å². The Morgan fingerprint density at radius 1 is 1.02 bits per heavy atom. The van der Waals surface area contributed by atoms with Crippen LogP contribution in [0.15, 0.2) is 73.7 Å². The highest BCUT2D eigenvalue weighted by Crippen LogP contribution is 2.41. The molecule has 2 fully saturated rings. The average Bonchev–Trinajstić information content (AvgIpc) is 3.80. The van der Waals surface area contributed by atoms with Crippen molar-refractivity contribution in [2.24, 2.45) is 11.1 Å². The van der Waals surface area contributed by atoms with E-state index >= 15 is 0 Å². The van der Waals surface area contributed by atoms with Crippen molar-refractivity contribution in [1.29, 1.82) is 0 Å². The van der Waals surface area contributed by atoms with E-state index in [9.17, 15) is 14.7 Å². The minimum atomic E-state index is -0.492. The Balaban J connectivity index is 0.915. The van der Waals surface area contributed by atoms with E-state index < -0.39 is 5.54 Å². The maximum absolute atomic E-state index is 14.0. The van der Waals surface area contributed by atoms with Crippen LogP contribution in [0, 0.1) is 5.41 Å². The third-order valence-electron chi connectivity index (χ3n) is 13.7. The molecule has 16 heteroatoms. The summed E-state index contributed by atoms with van der Waals surface area (Å²) in [5.74, 6) is 0.519. The first-order valence-electron chi connectivity index (χ1n) is 23.0. The van der Waals surface area contributed by atoms with E-state index in [1.807, 2.05) is 44.3 Å². The number of hydrogen-bond acceptors (Lipinski definition) is 13. The van der Waals surface area contributed by atoms with Gasteiger partial charge < -0.3 is 40.6 Å². The summed E-state index contributed by atoms with van der Waals surface area (Å²) >= 11 is 0.